The lowest BCUT2D eigenvalue weighted by molar-refractivity contribution is 0.102. The molecule has 3 rings (SSSR count). The molecule has 21 heavy (non-hydrogen) atoms. The predicted octanol–water partition coefficient (Wildman–Crippen LogP) is 1.65. The highest BCUT2D eigenvalue weighted by Crippen LogP contribution is 2.24. The number of nitrogens with one attached hydrogen (secondary N) is 1. The zero-order valence-corrected chi connectivity index (χ0v) is 11.7. The molecule has 1 amide bonds. The molecule has 3 heterocycles. The Balaban J connectivity index is 1.77. The van der Waals surface area contributed by atoms with Gasteiger partial charge in [0.1, 0.15) is 7.85 Å². The van der Waals surface area contributed by atoms with Crippen molar-refractivity contribution in [1.29, 1.82) is 0 Å². The highest BCUT2D eigenvalue weighted by Gasteiger charge is 2.10. The van der Waals surface area contributed by atoms with Crippen LogP contribution in [0.25, 0.3) is 11.3 Å². The van der Waals surface area contributed by atoms with Crippen LogP contribution in [0.4, 0.5) is 5.13 Å². The quantitative estimate of drug-likeness (QED) is 0.745. The molecule has 0 atom stereocenters. The van der Waals surface area contributed by atoms with Gasteiger partial charge in [0.2, 0.25) is 0 Å². The van der Waals surface area contributed by atoms with E-state index in [9.17, 15) is 4.79 Å². The molecule has 0 saturated carbocycles. The Hall–Kier alpha value is -2.54. The fourth-order valence-electron chi connectivity index (χ4n) is 1.73. The van der Waals surface area contributed by atoms with Crippen molar-refractivity contribution in [2.24, 2.45) is 0 Å². The maximum atomic E-state index is 12.1. The molecule has 3 aromatic heterocycles. The van der Waals surface area contributed by atoms with Crippen LogP contribution < -0.4 is 10.8 Å². The molecule has 0 unspecified atom stereocenters. The molecule has 0 aliphatic carbocycles. The molecule has 100 valence electrons. The minimum absolute atomic E-state index is 0.290. The van der Waals surface area contributed by atoms with E-state index in [2.05, 4.69) is 20.3 Å². The van der Waals surface area contributed by atoms with Crippen LogP contribution in [0.2, 0.25) is 0 Å². The maximum absolute atomic E-state index is 12.1. The average molecular weight is 292 g/mol. The molecule has 3 aromatic rings. The van der Waals surface area contributed by atoms with Crippen LogP contribution >= 0.6 is 11.3 Å². The number of hydrogen-bond acceptors (Lipinski definition) is 5. The first-order chi connectivity index (χ1) is 10.2. The molecule has 2 radical (unpaired) electrons. The van der Waals surface area contributed by atoms with Crippen LogP contribution in [0, 0.1) is 0 Å². The van der Waals surface area contributed by atoms with Gasteiger partial charge in [-0.15, -0.1) is 11.3 Å². The third kappa shape index (κ3) is 3.14. The number of rotatable bonds is 3. The molecule has 1 N–H and O–H groups in total. The van der Waals surface area contributed by atoms with Crippen molar-refractivity contribution in [2.45, 2.75) is 0 Å². The molecule has 0 spiro atoms. The number of nitrogens with zero attached hydrogens (tertiary/aromatic N) is 3. The van der Waals surface area contributed by atoms with Crippen molar-refractivity contribution in [2.75, 3.05) is 5.32 Å². The monoisotopic (exact) mass is 292 g/mol. The Bertz CT molecular complexity index is 775. The molecule has 0 aliphatic heterocycles. The first-order valence-electron chi connectivity index (χ1n) is 6.10. The number of aromatic nitrogens is 3. The van der Waals surface area contributed by atoms with Gasteiger partial charge in [0.15, 0.2) is 5.13 Å². The Morgan fingerprint density at radius 3 is 2.90 bits per heavy atom. The summed E-state index contributed by atoms with van der Waals surface area (Å²) in [6.45, 7) is 0. The van der Waals surface area contributed by atoms with Gasteiger partial charge in [0.25, 0.3) is 5.91 Å². The van der Waals surface area contributed by atoms with Gasteiger partial charge in [0.05, 0.1) is 11.3 Å². The third-order valence-corrected chi connectivity index (χ3v) is 3.46. The highest BCUT2D eigenvalue weighted by molar-refractivity contribution is 7.14. The molecule has 7 heteroatoms. The van der Waals surface area contributed by atoms with E-state index in [0.29, 0.717) is 16.2 Å². The van der Waals surface area contributed by atoms with E-state index in [1.165, 1.54) is 23.7 Å². The van der Waals surface area contributed by atoms with Gasteiger partial charge < -0.3 is 0 Å². The van der Waals surface area contributed by atoms with Gasteiger partial charge in [0, 0.05) is 35.7 Å². The summed E-state index contributed by atoms with van der Waals surface area (Å²) in [6.07, 6.45) is 6.37. The summed E-state index contributed by atoms with van der Waals surface area (Å²) < 4.78 is 0. The van der Waals surface area contributed by atoms with Crippen molar-refractivity contribution in [3.05, 3.63) is 53.9 Å². The molecule has 0 aromatic carbocycles. The zero-order chi connectivity index (χ0) is 14.7. The number of amides is 1. The smallest absolute Gasteiger partial charge is 0.258 e. The summed E-state index contributed by atoms with van der Waals surface area (Å²) >= 11 is 1.35. The Labute approximate surface area is 126 Å². The molecule has 0 saturated heterocycles. The summed E-state index contributed by atoms with van der Waals surface area (Å²) in [7, 11) is 5.61. The molecular weight excluding hydrogens is 283 g/mol. The molecule has 5 nitrogen and oxygen atoms in total. The highest BCUT2D eigenvalue weighted by atomic mass is 32.1. The fraction of sp³-hybridized carbons (Fsp3) is 0. The topological polar surface area (TPSA) is 67.8 Å². The van der Waals surface area contributed by atoms with Gasteiger partial charge in [-0.3, -0.25) is 20.1 Å². The summed E-state index contributed by atoms with van der Waals surface area (Å²) in [6, 6.07) is 5.32. The number of carbonyl (C=O) groups excluding carboxylic acids is 1. The lowest BCUT2D eigenvalue weighted by atomic mass is 9.97. The Morgan fingerprint density at radius 2 is 2.14 bits per heavy atom. The van der Waals surface area contributed by atoms with E-state index >= 15 is 0 Å². The normalized spacial score (nSPS) is 10.3. The number of thiazole rings is 1. The van der Waals surface area contributed by atoms with Gasteiger partial charge in [-0.05, 0) is 12.1 Å². The van der Waals surface area contributed by atoms with E-state index in [1.807, 2.05) is 17.5 Å². The number of carbonyl (C=O) groups is 1. The van der Waals surface area contributed by atoms with E-state index in [-0.39, 0.29) is 5.91 Å². The van der Waals surface area contributed by atoms with Crippen LogP contribution in [0.5, 0.6) is 0 Å². The van der Waals surface area contributed by atoms with Crippen LogP contribution in [0.3, 0.4) is 0 Å². The fourth-order valence-corrected chi connectivity index (χ4v) is 2.44. The number of pyridine rings is 2. The van der Waals surface area contributed by atoms with Crippen molar-refractivity contribution in [1.82, 2.24) is 15.0 Å². The zero-order valence-electron chi connectivity index (χ0n) is 10.9. The van der Waals surface area contributed by atoms with Crippen molar-refractivity contribution in [3.63, 3.8) is 0 Å². The summed E-state index contributed by atoms with van der Waals surface area (Å²) in [5.74, 6) is -0.290. The van der Waals surface area contributed by atoms with E-state index < -0.39 is 0 Å². The van der Waals surface area contributed by atoms with E-state index in [4.69, 9.17) is 7.85 Å². The number of hydrogen-bond donors (Lipinski definition) is 1. The van der Waals surface area contributed by atoms with E-state index in [0.717, 1.165) is 11.3 Å². The molecule has 0 bridgehead atoms. The second kappa shape index (κ2) is 5.84. The number of anilines is 1. The van der Waals surface area contributed by atoms with Gasteiger partial charge in [-0.2, -0.15) is 0 Å². The lowest BCUT2D eigenvalue weighted by Gasteiger charge is -2.02. The Morgan fingerprint density at radius 1 is 1.24 bits per heavy atom. The van der Waals surface area contributed by atoms with Crippen LogP contribution in [-0.2, 0) is 0 Å². The summed E-state index contributed by atoms with van der Waals surface area (Å²) in [5.41, 5.74) is 2.51. The minimum Gasteiger partial charge on any atom is -0.298 e. The van der Waals surface area contributed by atoms with Crippen LogP contribution in [0.15, 0.2) is 48.4 Å². The standard InChI is InChI=1S/C14H9BN4OS/c15-11-4-10(6-17-7-11)13(20)19-14-18-12(8-21-14)9-2-1-3-16-5-9/h1-8H,(H,18,19,20). The van der Waals surface area contributed by atoms with Crippen LogP contribution in [-0.4, -0.2) is 28.7 Å². The largest absolute Gasteiger partial charge is 0.298 e. The first-order valence-corrected chi connectivity index (χ1v) is 6.98. The van der Waals surface area contributed by atoms with Crippen molar-refractivity contribution in [3.8, 4) is 11.3 Å². The van der Waals surface area contributed by atoms with Crippen LogP contribution in [0.1, 0.15) is 10.4 Å². The first kappa shape index (κ1) is 13.4. The second-order valence-electron chi connectivity index (χ2n) is 4.24. The lowest BCUT2D eigenvalue weighted by Crippen LogP contribution is -2.15. The van der Waals surface area contributed by atoms with Gasteiger partial charge in [-0.1, -0.05) is 11.5 Å². The average Bonchev–Trinajstić information content (AvgIpc) is 2.97. The van der Waals surface area contributed by atoms with Gasteiger partial charge >= 0.3 is 0 Å². The van der Waals surface area contributed by atoms with E-state index in [1.54, 1.807) is 18.5 Å². The minimum atomic E-state index is -0.290. The van der Waals surface area contributed by atoms with Crippen molar-refractivity contribution < 1.29 is 4.79 Å². The maximum Gasteiger partial charge on any atom is 0.258 e. The molecule has 0 aliphatic rings. The molecular formula is C14H9BN4OS. The predicted molar refractivity (Wildman–Crippen MR) is 82.9 cm³/mol. The molecule has 0 fully saturated rings. The van der Waals surface area contributed by atoms with Gasteiger partial charge in [-0.25, -0.2) is 4.98 Å². The SMILES string of the molecule is [B]c1cncc(C(=O)Nc2nc(-c3cccnc3)cs2)c1. The van der Waals surface area contributed by atoms with Crippen molar-refractivity contribution >= 4 is 35.7 Å². The second-order valence-corrected chi connectivity index (χ2v) is 5.10. The third-order valence-electron chi connectivity index (χ3n) is 2.70. The summed E-state index contributed by atoms with van der Waals surface area (Å²) in [4.78, 5) is 24.4. The summed E-state index contributed by atoms with van der Waals surface area (Å²) in [5, 5.41) is 5.11. The Kier molecular flexibility index (Phi) is 3.74.